The normalized spacial score (nSPS) is 11.1. The summed E-state index contributed by atoms with van der Waals surface area (Å²) in [7, 11) is 1.23. The molecule has 4 rings (SSSR count). The number of rotatable bonds is 8. The van der Waals surface area contributed by atoms with E-state index in [1.54, 1.807) is 36.4 Å². The quantitative estimate of drug-likeness (QED) is 0.245. The molecule has 0 atom stereocenters. The summed E-state index contributed by atoms with van der Waals surface area (Å²) in [4.78, 5) is 25.1. The minimum atomic E-state index is -0.698. The number of tetrazole rings is 1. The van der Waals surface area contributed by atoms with Gasteiger partial charge in [0.1, 0.15) is 11.4 Å². The van der Waals surface area contributed by atoms with Crippen LogP contribution in [0.4, 0.5) is 5.95 Å². The number of hydrogen-bond donors (Lipinski definition) is 3. The van der Waals surface area contributed by atoms with E-state index in [1.165, 1.54) is 30.0 Å². The van der Waals surface area contributed by atoms with E-state index < -0.39 is 11.9 Å². The van der Waals surface area contributed by atoms with Crippen LogP contribution in [0.15, 0.2) is 78.5 Å². The summed E-state index contributed by atoms with van der Waals surface area (Å²) in [5, 5.41) is 27.1. The number of aromatic nitrogens is 4. The number of methoxy groups -OCH3 is 1. The van der Waals surface area contributed by atoms with E-state index in [0.717, 1.165) is 5.56 Å². The van der Waals surface area contributed by atoms with Gasteiger partial charge < -0.3 is 20.5 Å². The topological polar surface area (TPSA) is 131 Å². The largest absolute Gasteiger partial charge is 0.508 e. The Morgan fingerprint density at radius 2 is 1.89 bits per heavy atom. The molecule has 4 aromatic rings. The third-order valence-electron chi connectivity index (χ3n) is 5.04. The molecule has 0 saturated heterocycles. The van der Waals surface area contributed by atoms with E-state index in [-0.39, 0.29) is 22.0 Å². The lowest BCUT2D eigenvalue weighted by molar-refractivity contribution is -0.136. The second kappa shape index (κ2) is 11.2. The van der Waals surface area contributed by atoms with Crippen molar-refractivity contribution in [3.8, 4) is 11.4 Å². The number of halogens is 1. The molecule has 0 spiro atoms. The molecular weight excluding hydrogens is 484 g/mol. The molecule has 11 heteroatoms. The number of nitrogens with zero attached hydrogens (tertiary/aromatic N) is 4. The second-order valence-electron chi connectivity index (χ2n) is 7.52. The molecule has 0 aliphatic heterocycles. The lowest BCUT2D eigenvalue weighted by Crippen LogP contribution is -2.28. The minimum absolute atomic E-state index is 0.0345. The molecule has 0 aliphatic rings. The average molecular weight is 505 g/mol. The van der Waals surface area contributed by atoms with Gasteiger partial charge in [0.05, 0.1) is 23.4 Å². The SMILES string of the molecule is COC(=O)/C(=C\c1ccccc1)NC(=O)c1ccc(-n2nnnc2NCc2cccc(O)c2)cc1Cl. The Morgan fingerprint density at radius 3 is 2.61 bits per heavy atom. The Bertz CT molecular complexity index is 1420. The number of amides is 1. The van der Waals surface area contributed by atoms with Crippen molar-refractivity contribution >= 4 is 35.5 Å². The molecule has 36 heavy (non-hydrogen) atoms. The van der Waals surface area contributed by atoms with Crippen molar-refractivity contribution in [1.29, 1.82) is 0 Å². The van der Waals surface area contributed by atoms with E-state index in [1.807, 2.05) is 24.3 Å². The smallest absolute Gasteiger partial charge is 0.354 e. The van der Waals surface area contributed by atoms with Gasteiger partial charge in [0.2, 0.25) is 5.95 Å². The Kier molecular flexibility index (Phi) is 7.57. The van der Waals surface area contributed by atoms with E-state index in [4.69, 9.17) is 16.3 Å². The summed E-state index contributed by atoms with van der Waals surface area (Å²) < 4.78 is 6.22. The Hall–Kier alpha value is -4.70. The van der Waals surface area contributed by atoms with Crippen LogP contribution in [-0.4, -0.2) is 44.3 Å². The first-order valence-electron chi connectivity index (χ1n) is 10.7. The highest BCUT2D eigenvalue weighted by Gasteiger charge is 2.18. The monoisotopic (exact) mass is 504 g/mol. The lowest BCUT2D eigenvalue weighted by atomic mass is 10.1. The molecule has 1 heterocycles. The molecule has 1 aromatic heterocycles. The van der Waals surface area contributed by atoms with E-state index in [0.29, 0.717) is 23.7 Å². The first kappa shape index (κ1) is 24.4. The molecular formula is C25H21ClN6O4. The number of aromatic hydroxyl groups is 1. The van der Waals surface area contributed by atoms with Crippen molar-refractivity contribution in [3.05, 3.63) is 100 Å². The molecule has 1 amide bonds. The van der Waals surface area contributed by atoms with Crippen LogP contribution in [0.5, 0.6) is 5.75 Å². The minimum Gasteiger partial charge on any atom is -0.508 e. The van der Waals surface area contributed by atoms with Gasteiger partial charge in [-0.3, -0.25) is 4.79 Å². The summed E-state index contributed by atoms with van der Waals surface area (Å²) >= 11 is 6.41. The third kappa shape index (κ3) is 5.86. The van der Waals surface area contributed by atoms with E-state index >= 15 is 0 Å². The highest BCUT2D eigenvalue weighted by Crippen LogP contribution is 2.22. The fourth-order valence-corrected chi connectivity index (χ4v) is 3.56. The van der Waals surface area contributed by atoms with Gasteiger partial charge in [-0.15, -0.1) is 0 Å². The van der Waals surface area contributed by atoms with Crippen LogP contribution in [0, 0.1) is 0 Å². The van der Waals surface area contributed by atoms with Gasteiger partial charge in [-0.25, -0.2) is 4.79 Å². The second-order valence-corrected chi connectivity index (χ2v) is 7.92. The summed E-state index contributed by atoms with van der Waals surface area (Å²) in [6.45, 7) is 0.368. The number of carbonyl (C=O) groups excluding carboxylic acids is 2. The zero-order chi connectivity index (χ0) is 25.5. The standard InChI is InChI=1S/C25H21ClN6O4/c1-36-24(35)22(13-16-6-3-2-4-7-16)28-23(34)20-11-10-18(14-21(20)26)32-25(29-30-31-32)27-15-17-8-5-9-19(33)12-17/h2-14,33H,15H2,1H3,(H,28,34)(H,27,29,31)/b22-13+. The predicted octanol–water partition coefficient (Wildman–Crippen LogP) is 3.58. The van der Waals surface area contributed by atoms with Crippen LogP contribution in [0.3, 0.4) is 0 Å². The number of carbonyl (C=O) groups is 2. The maximum absolute atomic E-state index is 12.9. The van der Waals surface area contributed by atoms with Crippen LogP contribution >= 0.6 is 11.6 Å². The number of benzene rings is 3. The number of ether oxygens (including phenoxy) is 1. The number of phenolic OH excluding ortho intramolecular Hbond substituents is 1. The van der Waals surface area contributed by atoms with Crippen molar-refractivity contribution in [3.63, 3.8) is 0 Å². The first-order chi connectivity index (χ1) is 17.4. The Labute approximate surface area is 211 Å². The van der Waals surface area contributed by atoms with Crippen molar-refractivity contribution < 1.29 is 19.4 Å². The zero-order valence-electron chi connectivity index (χ0n) is 19.1. The van der Waals surface area contributed by atoms with Gasteiger partial charge >= 0.3 is 5.97 Å². The molecule has 0 saturated carbocycles. The first-order valence-corrected chi connectivity index (χ1v) is 11.1. The molecule has 0 radical (unpaired) electrons. The molecule has 0 unspecified atom stereocenters. The van der Waals surface area contributed by atoms with Gasteiger partial charge in [-0.1, -0.05) is 59.2 Å². The molecule has 0 aliphatic carbocycles. The number of hydrogen-bond acceptors (Lipinski definition) is 8. The van der Waals surface area contributed by atoms with Crippen LogP contribution in [0.25, 0.3) is 11.8 Å². The molecule has 3 aromatic carbocycles. The number of anilines is 1. The Balaban J connectivity index is 1.52. The highest BCUT2D eigenvalue weighted by molar-refractivity contribution is 6.34. The number of nitrogens with one attached hydrogen (secondary N) is 2. The molecule has 10 nitrogen and oxygen atoms in total. The zero-order valence-corrected chi connectivity index (χ0v) is 19.8. The molecule has 0 fully saturated rings. The maximum Gasteiger partial charge on any atom is 0.354 e. The van der Waals surface area contributed by atoms with Crippen molar-refractivity contribution in [1.82, 2.24) is 25.5 Å². The van der Waals surface area contributed by atoms with Crippen molar-refractivity contribution in [2.75, 3.05) is 12.4 Å². The van der Waals surface area contributed by atoms with Crippen molar-refractivity contribution in [2.24, 2.45) is 0 Å². The lowest BCUT2D eigenvalue weighted by Gasteiger charge is -2.11. The number of phenols is 1. The van der Waals surface area contributed by atoms with E-state index in [9.17, 15) is 14.7 Å². The molecule has 0 bridgehead atoms. The summed E-state index contributed by atoms with van der Waals surface area (Å²) in [5.41, 5.74) is 2.16. The van der Waals surface area contributed by atoms with Gasteiger partial charge in [0.25, 0.3) is 5.91 Å². The Morgan fingerprint density at radius 1 is 1.08 bits per heavy atom. The average Bonchev–Trinajstić information content (AvgIpc) is 3.36. The summed E-state index contributed by atoms with van der Waals surface area (Å²) in [6.07, 6.45) is 1.51. The molecule has 3 N–H and O–H groups in total. The highest BCUT2D eigenvalue weighted by atomic mass is 35.5. The van der Waals surface area contributed by atoms with Crippen LogP contribution in [0.2, 0.25) is 5.02 Å². The fourth-order valence-electron chi connectivity index (χ4n) is 3.30. The van der Waals surface area contributed by atoms with Crippen LogP contribution in [0.1, 0.15) is 21.5 Å². The summed E-state index contributed by atoms with van der Waals surface area (Å²) in [6, 6.07) is 20.5. The van der Waals surface area contributed by atoms with Gasteiger partial charge in [-0.2, -0.15) is 4.68 Å². The van der Waals surface area contributed by atoms with Crippen molar-refractivity contribution in [2.45, 2.75) is 6.54 Å². The van der Waals surface area contributed by atoms with Crippen LogP contribution in [-0.2, 0) is 16.1 Å². The molecule has 182 valence electrons. The fraction of sp³-hybridized carbons (Fsp3) is 0.0800. The van der Waals surface area contributed by atoms with Gasteiger partial charge in [0, 0.05) is 6.54 Å². The summed E-state index contributed by atoms with van der Waals surface area (Å²) in [5.74, 6) is -0.789. The predicted molar refractivity (Wildman–Crippen MR) is 133 cm³/mol. The number of esters is 1. The van der Waals surface area contributed by atoms with E-state index in [2.05, 4.69) is 26.2 Å². The van der Waals surface area contributed by atoms with Gasteiger partial charge in [-0.05, 0) is 58.0 Å². The maximum atomic E-state index is 12.9. The van der Waals surface area contributed by atoms with Gasteiger partial charge in [0.15, 0.2) is 0 Å². The van der Waals surface area contributed by atoms with Crippen LogP contribution < -0.4 is 10.6 Å². The third-order valence-corrected chi connectivity index (χ3v) is 5.35.